The highest BCUT2D eigenvalue weighted by Crippen LogP contribution is 2.40. The fourth-order valence-electron chi connectivity index (χ4n) is 2.84. The third-order valence-electron chi connectivity index (χ3n) is 4.08. The second-order valence-corrected chi connectivity index (χ2v) is 6.83. The summed E-state index contributed by atoms with van der Waals surface area (Å²) in [5.74, 6) is -1.97. The number of halogens is 4. The van der Waals surface area contributed by atoms with Gasteiger partial charge in [0, 0.05) is 29.1 Å². The van der Waals surface area contributed by atoms with E-state index in [1.54, 1.807) is 24.3 Å². The lowest BCUT2D eigenvalue weighted by Crippen LogP contribution is -2.03. The number of hydrogen-bond acceptors (Lipinski definition) is 3. The monoisotopic (exact) mass is 422 g/mol. The normalized spacial score (nSPS) is 10.8. The van der Waals surface area contributed by atoms with Crippen LogP contribution >= 0.6 is 34.8 Å². The summed E-state index contributed by atoms with van der Waals surface area (Å²) in [6.45, 7) is 0. The molecule has 1 aromatic heterocycles. The number of nitrogens with zero attached hydrogens (tertiary/aromatic N) is 2. The molecular weight excluding hydrogens is 414 g/mol. The highest BCUT2D eigenvalue weighted by Gasteiger charge is 2.22. The molecule has 0 radical (unpaired) electrons. The maximum Gasteiger partial charge on any atom is 0.338 e. The van der Waals surface area contributed by atoms with Crippen LogP contribution in [0.1, 0.15) is 22.3 Å². The van der Waals surface area contributed by atoms with Crippen molar-refractivity contribution >= 4 is 51.7 Å². The van der Waals surface area contributed by atoms with Crippen molar-refractivity contribution in [2.45, 2.75) is 12.8 Å². The predicted molar refractivity (Wildman–Crippen MR) is 103 cm³/mol. The van der Waals surface area contributed by atoms with E-state index < -0.39 is 11.8 Å². The maximum atomic E-state index is 15.4. The number of rotatable bonds is 4. The number of nitriles is 1. The molecule has 0 aliphatic heterocycles. The molecule has 1 N–H and O–H groups in total. The van der Waals surface area contributed by atoms with Crippen molar-refractivity contribution in [1.82, 2.24) is 4.98 Å². The average molecular weight is 424 g/mol. The van der Waals surface area contributed by atoms with Crippen LogP contribution in [-0.4, -0.2) is 16.1 Å². The number of pyridine rings is 1. The van der Waals surface area contributed by atoms with Gasteiger partial charge in [-0.1, -0.05) is 46.9 Å². The first-order chi connectivity index (χ1) is 12.9. The van der Waals surface area contributed by atoms with E-state index >= 15 is 4.39 Å². The lowest BCUT2D eigenvalue weighted by molar-refractivity contribution is 0.0697. The zero-order valence-corrected chi connectivity index (χ0v) is 15.8. The first-order valence-electron chi connectivity index (χ1n) is 7.71. The molecule has 3 rings (SSSR count). The van der Waals surface area contributed by atoms with E-state index in [1.165, 1.54) is 0 Å². The van der Waals surface area contributed by atoms with Gasteiger partial charge in [-0.2, -0.15) is 5.26 Å². The summed E-state index contributed by atoms with van der Waals surface area (Å²) in [6, 6.07) is 8.38. The van der Waals surface area contributed by atoms with Crippen LogP contribution < -0.4 is 0 Å². The van der Waals surface area contributed by atoms with Crippen LogP contribution in [0.4, 0.5) is 4.39 Å². The Kier molecular flexibility index (Phi) is 5.52. The first-order valence-corrected chi connectivity index (χ1v) is 8.84. The number of fused-ring (bicyclic) bond motifs is 1. The van der Waals surface area contributed by atoms with Crippen LogP contribution in [0.3, 0.4) is 0 Å². The molecule has 0 amide bonds. The minimum Gasteiger partial charge on any atom is -0.478 e. The van der Waals surface area contributed by atoms with Gasteiger partial charge in [0.1, 0.15) is 5.52 Å². The van der Waals surface area contributed by atoms with Crippen LogP contribution in [-0.2, 0) is 6.42 Å². The largest absolute Gasteiger partial charge is 0.478 e. The van der Waals surface area contributed by atoms with Gasteiger partial charge in [-0.05, 0) is 24.1 Å². The number of carboxylic acid groups (broad SMARTS) is 1. The van der Waals surface area contributed by atoms with E-state index in [9.17, 15) is 9.90 Å². The molecule has 0 fully saturated rings. The van der Waals surface area contributed by atoms with Crippen molar-refractivity contribution in [3.05, 3.63) is 62.5 Å². The Morgan fingerprint density at radius 2 is 2.00 bits per heavy atom. The fraction of sp³-hybridized carbons (Fsp3) is 0.105. The number of benzene rings is 2. The Hall–Kier alpha value is -2.39. The van der Waals surface area contributed by atoms with Crippen LogP contribution in [0.25, 0.3) is 22.0 Å². The van der Waals surface area contributed by atoms with E-state index in [4.69, 9.17) is 40.1 Å². The molecule has 0 spiro atoms. The molecule has 0 saturated heterocycles. The number of hydrogen-bond donors (Lipinski definition) is 1. The summed E-state index contributed by atoms with van der Waals surface area (Å²) in [5, 5.41) is 18.6. The molecule has 0 bridgehead atoms. The van der Waals surface area contributed by atoms with Crippen molar-refractivity contribution < 1.29 is 14.3 Å². The average Bonchev–Trinajstić information content (AvgIpc) is 2.63. The molecule has 0 unspecified atom stereocenters. The van der Waals surface area contributed by atoms with E-state index in [0.29, 0.717) is 11.1 Å². The van der Waals surface area contributed by atoms with Crippen LogP contribution in [0.2, 0.25) is 15.1 Å². The number of carboxylic acids is 1. The Morgan fingerprint density at radius 3 is 2.67 bits per heavy atom. The highest BCUT2D eigenvalue weighted by molar-refractivity contribution is 6.43. The summed E-state index contributed by atoms with van der Waals surface area (Å²) >= 11 is 18.5. The molecule has 2 aromatic carbocycles. The van der Waals surface area contributed by atoms with Gasteiger partial charge in [0.25, 0.3) is 0 Å². The Balaban J connectivity index is 2.40. The van der Waals surface area contributed by atoms with Gasteiger partial charge in [0.15, 0.2) is 5.82 Å². The Labute approximate surface area is 168 Å². The molecule has 4 nitrogen and oxygen atoms in total. The molecular formula is C19H10Cl3FN2O2. The number of aromatic nitrogens is 1. The lowest BCUT2D eigenvalue weighted by atomic mass is 9.93. The fourth-order valence-corrected chi connectivity index (χ4v) is 3.51. The molecule has 0 aliphatic carbocycles. The van der Waals surface area contributed by atoms with Gasteiger partial charge in [-0.15, -0.1) is 0 Å². The molecule has 0 aliphatic rings. The number of aromatic carboxylic acids is 1. The van der Waals surface area contributed by atoms with Crippen molar-refractivity contribution in [3.63, 3.8) is 0 Å². The number of carbonyl (C=O) groups is 1. The minimum absolute atomic E-state index is 0.0863. The van der Waals surface area contributed by atoms with E-state index in [-0.39, 0.29) is 49.9 Å². The smallest absolute Gasteiger partial charge is 0.338 e. The van der Waals surface area contributed by atoms with Gasteiger partial charge in [0.2, 0.25) is 0 Å². The van der Waals surface area contributed by atoms with Crippen LogP contribution in [0.5, 0.6) is 0 Å². The van der Waals surface area contributed by atoms with Crippen LogP contribution in [0.15, 0.2) is 30.5 Å². The standard InChI is InChI=1S/C19H10Cl3FN2O2/c20-13-5-1-4-10(16(13)22)14-9(3-2-6-24)7-11-15(21)12(19(26)27)8-25-18(11)17(14)23/h1,4-5,7-8H,2-3H2,(H,26,27). The van der Waals surface area contributed by atoms with Gasteiger partial charge in [0.05, 0.1) is 26.7 Å². The SMILES string of the molecule is N#CCCc1cc2c(Cl)c(C(=O)O)cnc2c(F)c1-c1cccc(Cl)c1Cl. The van der Waals surface area contributed by atoms with Crippen LogP contribution in [0, 0.1) is 17.1 Å². The zero-order valence-electron chi connectivity index (χ0n) is 13.6. The van der Waals surface area contributed by atoms with Gasteiger partial charge in [-0.3, -0.25) is 4.98 Å². The number of aryl methyl sites for hydroxylation is 1. The van der Waals surface area contributed by atoms with E-state index in [0.717, 1.165) is 6.20 Å². The second kappa shape index (κ2) is 7.69. The molecule has 3 aromatic rings. The van der Waals surface area contributed by atoms with Crippen molar-refractivity contribution in [2.24, 2.45) is 0 Å². The van der Waals surface area contributed by atoms with Gasteiger partial charge < -0.3 is 5.11 Å². The third-order valence-corrected chi connectivity index (χ3v) is 5.30. The topological polar surface area (TPSA) is 74.0 Å². The maximum absolute atomic E-state index is 15.4. The molecule has 8 heteroatoms. The first kappa shape index (κ1) is 19.4. The Morgan fingerprint density at radius 1 is 1.26 bits per heavy atom. The molecule has 0 saturated carbocycles. The van der Waals surface area contributed by atoms with E-state index in [1.807, 2.05) is 6.07 Å². The summed E-state index contributed by atoms with van der Waals surface area (Å²) in [4.78, 5) is 15.2. The third kappa shape index (κ3) is 3.44. The Bertz CT molecular complexity index is 1130. The molecule has 27 heavy (non-hydrogen) atoms. The highest BCUT2D eigenvalue weighted by atomic mass is 35.5. The van der Waals surface area contributed by atoms with Gasteiger partial charge >= 0.3 is 5.97 Å². The zero-order chi connectivity index (χ0) is 19.7. The van der Waals surface area contributed by atoms with Crippen molar-refractivity contribution in [1.29, 1.82) is 5.26 Å². The van der Waals surface area contributed by atoms with Crippen molar-refractivity contribution in [3.8, 4) is 17.2 Å². The quantitative estimate of drug-likeness (QED) is 0.545. The predicted octanol–water partition coefficient (Wildman–Crippen LogP) is 6.16. The van der Waals surface area contributed by atoms with Gasteiger partial charge in [-0.25, -0.2) is 9.18 Å². The summed E-state index contributed by atoms with van der Waals surface area (Å²) in [7, 11) is 0. The molecule has 136 valence electrons. The van der Waals surface area contributed by atoms with Crippen molar-refractivity contribution in [2.75, 3.05) is 0 Å². The lowest BCUT2D eigenvalue weighted by Gasteiger charge is -2.15. The second-order valence-electron chi connectivity index (χ2n) is 5.67. The van der Waals surface area contributed by atoms with E-state index in [2.05, 4.69) is 4.98 Å². The minimum atomic E-state index is -1.27. The summed E-state index contributed by atoms with van der Waals surface area (Å²) in [5.41, 5.74) is 0.658. The summed E-state index contributed by atoms with van der Waals surface area (Å²) in [6.07, 6.45) is 1.35. The molecule has 1 heterocycles. The summed E-state index contributed by atoms with van der Waals surface area (Å²) < 4.78 is 15.4. The molecule has 0 atom stereocenters.